The van der Waals surface area contributed by atoms with E-state index in [4.69, 9.17) is 11.6 Å². The van der Waals surface area contributed by atoms with Crippen molar-refractivity contribution in [2.45, 2.75) is 19.3 Å². The molecule has 0 unspecified atom stereocenters. The second kappa shape index (κ2) is 6.16. The Hall–Kier alpha value is -1.13. The minimum Gasteiger partial charge on any atom is -0.351 e. The van der Waals surface area contributed by atoms with Crippen molar-refractivity contribution in [1.82, 2.24) is 4.98 Å². The molecule has 2 nitrogen and oxygen atoms in total. The van der Waals surface area contributed by atoms with Crippen LogP contribution in [-0.4, -0.2) is 11.5 Å². The van der Waals surface area contributed by atoms with Gasteiger partial charge >= 0.3 is 0 Å². The number of alkyl halides is 1. The maximum atomic E-state index is 13.1. The summed E-state index contributed by atoms with van der Waals surface area (Å²) < 4.78 is 13.1. The fraction of sp³-hybridized carbons (Fsp3) is 0.308. The maximum Gasteiger partial charge on any atom is 0.141 e. The topological polar surface area (TPSA) is 16.1 Å². The number of thiophene rings is 1. The van der Waals surface area contributed by atoms with Gasteiger partial charge in [0.15, 0.2) is 0 Å². The molecule has 2 aromatic rings. The summed E-state index contributed by atoms with van der Waals surface area (Å²) in [6.45, 7) is 3.63. The number of hydrogen-bond donors (Lipinski definition) is 0. The second-order valence-electron chi connectivity index (χ2n) is 3.86. The van der Waals surface area contributed by atoms with E-state index in [1.807, 2.05) is 11.4 Å². The van der Waals surface area contributed by atoms with Gasteiger partial charge in [0, 0.05) is 17.0 Å². The van der Waals surface area contributed by atoms with Crippen LogP contribution >= 0.6 is 22.9 Å². The molecule has 2 heterocycles. The van der Waals surface area contributed by atoms with E-state index in [0.29, 0.717) is 0 Å². The molecule has 2 aromatic heterocycles. The Morgan fingerprint density at radius 3 is 2.94 bits per heavy atom. The van der Waals surface area contributed by atoms with Gasteiger partial charge in [0.2, 0.25) is 0 Å². The molecule has 0 fully saturated rings. The van der Waals surface area contributed by atoms with Crippen molar-refractivity contribution in [1.29, 1.82) is 0 Å². The number of nitrogens with zero attached hydrogens (tertiary/aromatic N) is 2. The number of halogens is 2. The van der Waals surface area contributed by atoms with Gasteiger partial charge in [-0.25, -0.2) is 9.37 Å². The maximum absolute atomic E-state index is 13.1. The molecular weight excluding hydrogens is 271 g/mol. The van der Waals surface area contributed by atoms with Gasteiger partial charge < -0.3 is 4.90 Å². The molecule has 5 heteroatoms. The van der Waals surface area contributed by atoms with Gasteiger partial charge in [0.25, 0.3) is 0 Å². The van der Waals surface area contributed by atoms with Gasteiger partial charge in [0.1, 0.15) is 11.6 Å². The summed E-state index contributed by atoms with van der Waals surface area (Å²) in [5, 5.41) is 2.05. The third-order valence-electron chi connectivity index (χ3n) is 2.66. The molecule has 96 valence electrons. The molecule has 0 saturated carbocycles. The van der Waals surface area contributed by atoms with Gasteiger partial charge in [-0.1, -0.05) is 6.07 Å². The third-order valence-corrected chi connectivity index (χ3v) is 3.81. The fourth-order valence-electron chi connectivity index (χ4n) is 1.78. The Morgan fingerprint density at radius 1 is 1.50 bits per heavy atom. The lowest BCUT2D eigenvalue weighted by Crippen LogP contribution is -2.23. The van der Waals surface area contributed by atoms with Crippen LogP contribution < -0.4 is 4.90 Å². The fourth-order valence-corrected chi connectivity index (χ4v) is 2.70. The molecular formula is C13H14ClFN2S. The van der Waals surface area contributed by atoms with E-state index in [1.165, 1.54) is 17.1 Å². The largest absolute Gasteiger partial charge is 0.351 e. The molecule has 0 radical (unpaired) electrons. The molecule has 18 heavy (non-hydrogen) atoms. The minimum atomic E-state index is -0.346. The molecule has 2 rings (SSSR count). The van der Waals surface area contributed by atoms with Crippen LogP contribution in [0.25, 0.3) is 0 Å². The van der Waals surface area contributed by atoms with E-state index in [2.05, 4.69) is 22.9 Å². The highest BCUT2D eigenvalue weighted by molar-refractivity contribution is 7.09. The number of rotatable bonds is 5. The van der Waals surface area contributed by atoms with Crippen molar-refractivity contribution in [2.24, 2.45) is 0 Å². The van der Waals surface area contributed by atoms with Gasteiger partial charge in [-0.15, -0.1) is 22.9 Å². The zero-order valence-corrected chi connectivity index (χ0v) is 11.6. The molecule has 0 atom stereocenters. The smallest absolute Gasteiger partial charge is 0.141 e. The van der Waals surface area contributed by atoms with E-state index < -0.39 is 0 Å². The van der Waals surface area contributed by atoms with Crippen LogP contribution in [0.1, 0.15) is 17.4 Å². The van der Waals surface area contributed by atoms with Crippen molar-refractivity contribution in [3.63, 3.8) is 0 Å². The highest BCUT2D eigenvalue weighted by atomic mass is 35.5. The van der Waals surface area contributed by atoms with E-state index in [1.54, 1.807) is 11.3 Å². The first kappa shape index (κ1) is 13.3. The predicted molar refractivity (Wildman–Crippen MR) is 74.8 cm³/mol. The van der Waals surface area contributed by atoms with E-state index in [0.717, 1.165) is 24.5 Å². The van der Waals surface area contributed by atoms with E-state index in [-0.39, 0.29) is 11.7 Å². The van der Waals surface area contributed by atoms with Crippen molar-refractivity contribution < 1.29 is 4.39 Å². The van der Waals surface area contributed by atoms with E-state index in [9.17, 15) is 4.39 Å². The highest BCUT2D eigenvalue weighted by Crippen LogP contribution is 2.23. The summed E-state index contributed by atoms with van der Waals surface area (Å²) in [4.78, 5) is 7.53. The van der Waals surface area contributed by atoms with Gasteiger partial charge in [-0.3, -0.25) is 0 Å². The van der Waals surface area contributed by atoms with Gasteiger partial charge in [0.05, 0.1) is 18.6 Å². The molecule has 0 bridgehead atoms. The summed E-state index contributed by atoms with van der Waals surface area (Å²) in [5.41, 5.74) is 0.732. The quantitative estimate of drug-likeness (QED) is 0.770. The number of pyridine rings is 1. The van der Waals surface area contributed by atoms with Crippen molar-refractivity contribution in [3.05, 3.63) is 46.0 Å². The van der Waals surface area contributed by atoms with Crippen LogP contribution in [-0.2, 0) is 12.4 Å². The molecule has 0 amide bonds. The lowest BCUT2D eigenvalue weighted by molar-refractivity contribution is 0.618. The molecule has 0 aliphatic carbocycles. The van der Waals surface area contributed by atoms with Crippen molar-refractivity contribution in [3.8, 4) is 0 Å². The lowest BCUT2D eigenvalue weighted by Gasteiger charge is -2.23. The number of hydrogen-bond acceptors (Lipinski definition) is 3. The minimum absolute atomic E-state index is 0.265. The second-order valence-corrected chi connectivity index (χ2v) is 5.16. The summed E-state index contributed by atoms with van der Waals surface area (Å²) in [7, 11) is 0. The van der Waals surface area contributed by atoms with Crippen LogP contribution in [0.4, 0.5) is 10.2 Å². The lowest BCUT2D eigenvalue weighted by atomic mass is 10.2. The SMILES string of the molecule is CCN(Cc1cccs1)c1ncc(F)cc1CCl. The van der Waals surface area contributed by atoms with Crippen LogP contribution in [0, 0.1) is 5.82 Å². The van der Waals surface area contributed by atoms with Crippen LogP contribution in [0.2, 0.25) is 0 Å². The van der Waals surface area contributed by atoms with Crippen LogP contribution in [0.15, 0.2) is 29.8 Å². The standard InChI is InChI=1S/C13H14ClFN2S/c1-2-17(9-12-4-3-5-18-12)13-10(7-14)6-11(15)8-16-13/h3-6,8H,2,7,9H2,1H3. The molecule has 0 spiro atoms. The predicted octanol–water partition coefficient (Wildman–Crippen LogP) is 4.05. The van der Waals surface area contributed by atoms with Gasteiger partial charge in [-0.2, -0.15) is 0 Å². The summed E-state index contributed by atoms with van der Waals surface area (Å²) >= 11 is 7.56. The van der Waals surface area contributed by atoms with Crippen molar-refractivity contribution in [2.75, 3.05) is 11.4 Å². The molecule has 0 aliphatic rings. The normalized spacial score (nSPS) is 10.6. The van der Waals surface area contributed by atoms with Crippen LogP contribution in [0.5, 0.6) is 0 Å². The third kappa shape index (κ3) is 3.00. The molecule has 0 N–H and O–H groups in total. The summed E-state index contributed by atoms with van der Waals surface area (Å²) in [6.07, 6.45) is 1.24. The average molecular weight is 285 g/mol. The molecule has 0 aromatic carbocycles. The number of anilines is 1. The average Bonchev–Trinajstić information content (AvgIpc) is 2.89. The zero-order chi connectivity index (χ0) is 13.0. The molecule has 0 saturated heterocycles. The highest BCUT2D eigenvalue weighted by Gasteiger charge is 2.12. The summed E-state index contributed by atoms with van der Waals surface area (Å²) in [5.74, 6) is 0.685. The summed E-state index contributed by atoms with van der Waals surface area (Å²) in [6, 6.07) is 5.55. The Bertz CT molecular complexity index is 502. The monoisotopic (exact) mass is 284 g/mol. The molecule has 0 aliphatic heterocycles. The van der Waals surface area contributed by atoms with Crippen LogP contribution in [0.3, 0.4) is 0 Å². The first-order chi connectivity index (χ1) is 8.74. The zero-order valence-electron chi connectivity index (χ0n) is 10.1. The Labute approximate surface area is 115 Å². The van der Waals surface area contributed by atoms with Crippen molar-refractivity contribution >= 4 is 28.8 Å². The van der Waals surface area contributed by atoms with Gasteiger partial charge in [-0.05, 0) is 24.4 Å². The Balaban J connectivity index is 2.26. The Morgan fingerprint density at radius 2 is 2.33 bits per heavy atom. The first-order valence-corrected chi connectivity index (χ1v) is 7.13. The van der Waals surface area contributed by atoms with E-state index >= 15 is 0 Å². The number of aromatic nitrogens is 1. The first-order valence-electron chi connectivity index (χ1n) is 5.72. The Kier molecular flexibility index (Phi) is 4.55.